The number of carbonyl (C=O) groups is 1. The van der Waals surface area contributed by atoms with Crippen molar-refractivity contribution in [1.29, 1.82) is 0 Å². The molecular formula is C18H13ClF3N3O3. The third-order valence-electron chi connectivity index (χ3n) is 3.57. The second-order valence-electron chi connectivity index (χ2n) is 5.69. The highest BCUT2D eigenvalue weighted by molar-refractivity contribution is 6.31. The zero-order valence-corrected chi connectivity index (χ0v) is 15.1. The molecule has 3 rings (SSSR count). The molecule has 1 N–H and O–H groups in total. The average Bonchev–Trinajstić information content (AvgIpc) is 3.07. The maximum atomic E-state index is 12.9. The van der Waals surface area contributed by atoms with Gasteiger partial charge in [-0.05, 0) is 42.5 Å². The van der Waals surface area contributed by atoms with Crippen molar-refractivity contribution < 1.29 is 27.2 Å². The van der Waals surface area contributed by atoms with Crippen LogP contribution in [0, 0.1) is 6.92 Å². The van der Waals surface area contributed by atoms with Gasteiger partial charge in [0.25, 0.3) is 5.91 Å². The number of amides is 1. The summed E-state index contributed by atoms with van der Waals surface area (Å²) in [5, 5.41) is 5.68. The molecule has 0 fully saturated rings. The van der Waals surface area contributed by atoms with Crippen LogP contribution in [0.2, 0.25) is 5.02 Å². The number of hydrogen-bond acceptors (Lipinski definition) is 5. The van der Waals surface area contributed by atoms with Crippen LogP contribution in [0.3, 0.4) is 0 Å². The van der Waals surface area contributed by atoms with Crippen LogP contribution in [-0.4, -0.2) is 22.7 Å². The molecule has 0 saturated heterocycles. The lowest BCUT2D eigenvalue weighted by Gasteiger charge is -2.12. The normalized spacial score (nSPS) is 11.3. The quantitative estimate of drug-likeness (QED) is 0.656. The molecule has 0 spiro atoms. The van der Waals surface area contributed by atoms with Gasteiger partial charge in [-0.25, -0.2) is 0 Å². The van der Waals surface area contributed by atoms with E-state index in [9.17, 15) is 18.0 Å². The van der Waals surface area contributed by atoms with Gasteiger partial charge in [-0.2, -0.15) is 18.2 Å². The number of halogens is 4. The molecule has 3 aromatic rings. The first-order valence-electron chi connectivity index (χ1n) is 7.92. The molecule has 146 valence electrons. The number of ether oxygens (including phenoxy) is 1. The highest BCUT2D eigenvalue weighted by atomic mass is 35.5. The lowest BCUT2D eigenvalue weighted by molar-refractivity contribution is -0.137. The summed E-state index contributed by atoms with van der Waals surface area (Å²) in [4.78, 5) is 16.0. The molecule has 0 aliphatic carbocycles. The van der Waals surface area contributed by atoms with Gasteiger partial charge in [0.2, 0.25) is 11.7 Å². The van der Waals surface area contributed by atoms with Crippen molar-refractivity contribution in [3.8, 4) is 17.1 Å². The smallest absolute Gasteiger partial charge is 0.417 e. The molecule has 0 saturated carbocycles. The van der Waals surface area contributed by atoms with Gasteiger partial charge < -0.3 is 14.6 Å². The van der Waals surface area contributed by atoms with Crippen LogP contribution < -0.4 is 10.1 Å². The first-order chi connectivity index (χ1) is 13.2. The van der Waals surface area contributed by atoms with Gasteiger partial charge in [0, 0.05) is 18.2 Å². The summed E-state index contributed by atoms with van der Waals surface area (Å²) in [6.45, 7) is 1.29. The standard InChI is InChI=1S/C18H13ClF3N3O3/c1-10-23-17(25-28-10)11-2-5-13(6-3-11)27-9-16(26)24-12-4-7-15(19)14(8-12)18(20,21)22/h2-8H,9H2,1H3,(H,24,26). The highest BCUT2D eigenvalue weighted by Crippen LogP contribution is 2.36. The van der Waals surface area contributed by atoms with Crippen LogP contribution in [0.1, 0.15) is 11.5 Å². The topological polar surface area (TPSA) is 77.2 Å². The molecule has 10 heteroatoms. The highest BCUT2D eigenvalue weighted by Gasteiger charge is 2.33. The molecule has 6 nitrogen and oxygen atoms in total. The Balaban J connectivity index is 1.59. The van der Waals surface area contributed by atoms with Gasteiger partial charge in [0.15, 0.2) is 6.61 Å². The fraction of sp³-hybridized carbons (Fsp3) is 0.167. The lowest BCUT2D eigenvalue weighted by Crippen LogP contribution is -2.20. The number of hydrogen-bond donors (Lipinski definition) is 1. The Morgan fingerprint density at radius 2 is 1.93 bits per heavy atom. The van der Waals surface area contributed by atoms with Crippen LogP contribution in [0.4, 0.5) is 18.9 Å². The molecule has 0 bridgehead atoms. The SMILES string of the molecule is Cc1nc(-c2ccc(OCC(=O)Nc3ccc(Cl)c(C(F)(F)F)c3)cc2)no1. The monoisotopic (exact) mass is 411 g/mol. The minimum absolute atomic E-state index is 0.0341. The minimum atomic E-state index is -4.62. The summed E-state index contributed by atoms with van der Waals surface area (Å²) in [5.41, 5.74) is -0.358. The minimum Gasteiger partial charge on any atom is -0.484 e. The van der Waals surface area contributed by atoms with E-state index in [1.165, 1.54) is 6.07 Å². The third-order valence-corrected chi connectivity index (χ3v) is 3.90. The van der Waals surface area contributed by atoms with Crippen LogP contribution >= 0.6 is 11.6 Å². The Morgan fingerprint density at radius 1 is 1.21 bits per heavy atom. The number of aryl methyl sites for hydroxylation is 1. The predicted molar refractivity (Wildman–Crippen MR) is 95.0 cm³/mol. The molecule has 1 heterocycles. The van der Waals surface area contributed by atoms with Crippen molar-refractivity contribution in [3.63, 3.8) is 0 Å². The fourth-order valence-corrected chi connectivity index (χ4v) is 2.51. The second kappa shape index (κ2) is 7.89. The Hall–Kier alpha value is -3.07. The van der Waals surface area contributed by atoms with Crippen LogP contribution in [0.15, 0.2) is 47.0 Å². The third kappa shape index (κ3) is 4.80. The summed E-state index contributed by atoms with van der Waals surface area (Å²) >= 11 is 5.54. The summed E-state index contributed by atoms with van der Waals surface area (Å²) in [6, 6.07) is 9.70. The van der Waals surface area contributed by atoms with Crippen molar-refractivity contribution in [2.24, 2.45) is 0 Å². The number of nitrogens with zero attached hydrogens (tertiary/aromatic N) is 2. The maximum Gasteiger partial charge on any atom is 0.417 e. The van der Waals surface area contributed by atoms with Crippen LogP contribution in [0.5, 0.6) is 5.75 Å². The Bertz CT molecular complexity index is 988. The number of benzene rings is 2. The van der Waals surface area contributed by atoms with Crippen molar-refractivity contribution in [2.45, 2.75) is 13.1 Å². The van der Waals surface area contributed by atoms with Crippen molar-refractivity contribution in [2.75, 3.05) is 11.9 Å². The van der Waals surface area contributed by atoms with Crippen molar-refractivity contribution in [3.05, 3.63) is 58.9 Å². The van der Waals surface area contributed by atoms with E-state index in [1.54, 1.807) is 31.2 Å². The van der Waals surface area contributed by atoms with Crippen molar-refractivity contribution >= 4 is 23.2 Å². The van der Waals surface area contributed by atoms with Crippen LogP contribution in [-0.2, 0) is 11.0 Å². The molecule has 0 aliphatic heterocycles. The van der Waals surface area contributed by atoms with Gasteiger partial charge >= 0.3 is 6.18 Å². The van der Waals surface area contributed by atoms with Crippen LogP contribution in [0.25, 0.3) is 11.4 Å². The number of carbonyl (C=O) groups excluding carboxylic acids is 1. The molecule has 28 heavy (non-hydrogen) atoms. The first-order valence-corrected chi connectivity index (χ1v) is 8.30. The maximum absolute atomic E-state index is 12.9. The van der Waals surface area contributed by atoms with Gasteiger partial charge in [0.05, 0.1) is 10.6 Å². The molecule has 0 radical (unpaired) electrons. The summed E-state index contributed by atoms with van der Waals surface area (Å²) in [6.07, 6.45) is -4.62. The number of anilines is 1. The molecule has 2 aromatic carbocycles. The summed E-state index contributed by atoms with van der Waals surface area (Å²) in [7, 11) is 0. The van der Waals surface area contributed by atoms with E-state index in [-0.39, 0.29) is 12.3 Å². The van der Waals surface area contributed by atoms with Gasteiger partial charge in [-0.15, -0.1) is 0 Å². The van der Waals surface area contributed by atoms with E-state index in [1.807, 2.05) is 0 Å². The lowest BCUT2D eigenvalue weighted by atomic mass is 10.2. The van der Waals surface area contributed by atoms with Gasteiger partial charge in [0.1, 0.15) is 5.75 Å². The number of aromatic nitrogens is 2. The number of rotatable bonds is 5. The second-order valence-corrected chi connectivity index (χ2v) is 6.10. The number of nitrogens with one attached hydrogen (secondary N) is 1. The predicted octanol–water partition coefficient (Wildman–Crippen LogP) is 4.73. The molecule has 0 atom stereocenters. The number of alkyl halides is 3. The van der Waals surface area contributed by atoms with E-state index in [0.29, 0.717) is 23.0 Å². The zero-order valence-electron chi connectivity index (χ0n) is 14.4. The summed E-state index contributed by atoms with van der Waals surface area (Å²) < 4.78 is 48.8. The van der Waals surface area contributed by atoms with Gasteiger partial charge in [-0.1, -0.05) is 16.8 Å². The van der Waals surface area contributed by atoms with Crippen molar-refractivity contribution in [1.82, 2.24) is 10.1 Å². The molecule has 1 amide bonds. The molecule has 0 unspecified atom stereocenters. The molecule has 1 aromatic heterocycles. The van der Waals surface area contributed by atoms with E-state index >= 15 is 0 Å². The largest absolute Gasteiger partial charge is 0.484 e. The average molecular weight is 412 g/mol. The fourth-order valence-electron chi connectivity index (χ4n) is 2.28. The molecule has 0 aliphatic rings. The zero-order chi connectivity index (χ0) is 20.3. The van der Waals surface area contributed by atoms with E-state index in [2.05, 4.69) is 15.5 Å². The van der Waals surface area contributed by atoms with E-state index in [4.69, 9.17) is 20.9 Å². The Kier molecular flexibility index (Phi) is 5.55. The first kappa shape index (κ1) is 19.7. The van der Waals surface area contributed by atoms with Gasteiger partial charge in [-0.3, -0.25) is 4.79 Å². The Morgan fingerprint density at radius 3 is 2.54 bits per heavy atom. The van der Waals surface area contributed by atoms with E-state index in [0.717, 1.165) is 12.1 Å². The van der Waals surface area contributed by atoms with E-state index < -0.39 is 22.7 Å². The summed E-state index contributed by atoms with van der Waals surface area (Å²) in [5.74, 6) is 0.632. The molecular weight excluding hydrogens is 399 g/mol. The Labute approximate surface area is 162 Å².